The third kappa shape index (κ3) is 3.21. The molecule has 0 spiro atoms. The highest BCUT2D eigenvalue weighted by molar-refractivity contribution is 5.76. The highest BCUT2D eigenvalue weighted by Crippen LogP contribution is 2.17. The van der Waals surface area contributed by atoms with Crippen LogP contribution in [0.2, 0.25) is 0 Å². The zero-order valence-corrected chi connectivity index (χ0v) is 10.5. The van der Waals surface area contributed by atoms with Crippen molar-refractivity contribution in [3.05, 3.63) is 0 Å². The third-order valence-corrected chi connectivity index (χ3v) is 3.98. The van der Waals surface area contributed by atoms with E-state index >= 15 is 0 Å². The smallest absolute Gasteiger partial charge is 0.223 e. The fourth-order valence-electron chi connectivity index (χ4n) is 2.68. The minimum absolute atomic E-state index is 0.374. The Morgan fingerprint density at radius 1 is 1.12 bits per heavy atom. The van der Waals surface area contributed by atoms with Gasteiger partial charge in [-0.2, -0.15) is 0 Å². The Bertz CT molecular complexity index is 228. The Morgan fingerprint density at radius 3 is 2.38 bits per heavy atom. The molecule has 0 unspecified atom stereocenters. The summed E-state index contributed by atoms with van der Waals surface area (Å²) in [5, 5.41) is 0. The fourth-order valence-corrected chi connectivity index (χ4v) is 2.68. The van der Waals surface area contributed by atoms with Gasteiger partial charge in [0.1, 0.15) is 0 Å². The zero-order chi connectivity index (χ0) is 11.4. The van der Waals surface area contributed by atoms with E-state index in [1.165, 1.54) is 38.8 Å². The first kappa shape index (κ1) is 11.9. The van der Waals surface area contributed by atoms with Gasteiger partial charge in [-0.3, -0.25) is 4.79 Å². The van der Waals surface area contributed by atoms with Crippen LogP contribution in [-0.4, -0.2) is 48.4 Å². The normalized spacial score (nSPS) is 23.9. The molecule has 92 valence electrons. The van der Waals surface area contributed by atoms with E-state index in [-0.39, 0.29) is 0 Å². The number of carbonyl (C=O) groups excluding carboxylic acids is 1. The van der Waals surface area contributed by atoms with Gasteiger partial charge in [0.2, 0.25) is 5.91 Å². The van der Waals surface area contributed by atoms with Crippen LogP contribution < -0.4 is 0 Å². The topological polar surface area (TPSA) is 23.6 Å². The predicted molar refractivity (Wildman–Crippen MR) is 65.3 cm³/mol. The molecule has 3 nitrogen and oxygen atoms in total. The Hall–Kier alpha value is -0.570. The number of piperidine rings is 1. The van der Waals surface area contributed by atoms with Crippen molar-refractivity contribution in [3.8, 4) is 0 Å². The number of hydrogen-bond donors (Lipinski definition) is 0. The summed E-state index contributed by atoms with van der Waals surface area (Å²) in [6.07, 6.45) is 5.74. The van der Waals surface area contributed by atoms with Crippen molar-refractivity contribution in [1.82, 2.24) is 9.80 Å². The molecule has 0 aromatic rings. The number of hydrogen-bond acceptors (Lipinski definition) is 2. The van der Waals surface area contributed by atoms with E-state index in [0.29, 0.717) is 5.91 Å². The molecular weight excluding hydrogens is 200 g/mol. The summed E-state index contributed by atoms with van der Waals surface area (Å²) >= 11 is 0. The van der Waals surface area contributed by atoms with Gasteiger partial charge in [-0.15, -0.1) is 0 Å². The van der Waals surface area contributed by atoms with Crippen molar-refractivity contribution in [3.63, 3.8) is 0 Å². The van der Waals surface area contributed by atoms with Gasteiger partial charge in [0.25, 0.3) is 0 Å². The van der Waals surface area contributed by atoms with Crippen molar-refractivity contribution in [2.45, 2.75) is 39.0 Å². The van der Waals surface area contributed by atoms with Crippen LogP contribution in [0.4, 0.5) is 0 Å². The fraction of sp³-hybridized carbons (Fsp3) is 0.923. The number of likely N-dealkylation sites (tertiary alicyclic amines) is 2. The SMILES string of the molecule is CC1CCN(C(=O)CCN2CCCC2)CC1. The molecule has 0 aromatic heterocycles. The molecule has 0 radical (unpaired) electrons. The lowest BCUT2D eigenvalue weighted by Crippen LogP contribution is -2.39. The van der Waals surface area contributed by atoms with Gasteiger partial charge in [-0.25, -0.2) is 0 Å². The second kappa shape index (κ2) is 5.67. The van der Waals surface area contributed by atoms with Gasteiger partial charge in [0.05, 0.1) is 0 Å². The largest absolute Gasteiger partial charge is 0.343 e. The van der Waals surface area contributed by atoms with Crippen molar-refractivity contribution < 1.29 is 4.79 Å². The van der Waals surface area contributed by atoms with E-state index in [1.807, 2.05) is 0 Å². The van der Waals surface area contributed by atoms with Crippen LogP contribution in [0, 0.1) is 5.92 Å². The summed E-state index contributed by atoms with van der Waals surface area (Å²) in [5.74, 6) is 1.18. The van der Waals surface area contributed by atoms with Crippen LogP contribution in [-0.2, 0) is 4.79 Å². The Labute approximate surface area is 98.8 Å². The van der Waals surface area contributed by atoms with Crippen molar-refractivity contribution in [1.29, 1.82) is 0 Å². The summed E-state index contributed by atoms with van der Waals surface area (Å²) in [6.45, 7) is 7.63. The van der Waals surface area contributed by atoms with E-state index in [2.05, 4.69) is 16.7 Å². The summed E-state index contributed by atoms with van der Waals surface area (Å²) in [4.78, 5) is 16.4. The van der Waals surface area contributed by atoms with Crippen LogP contribution in [0.1, 0.15) is 39.0 Å². The van der Waals surface area contributed by atoms with Gasteiger partial charge in [0.15, 0.2) is 0 Å². The lowest BCUT2D eigenvalue weighted by molar-refractivity contribution is -0.132. The molecule has 1 amide bonds. The monoisotopic (exact) mass is 224 g/mol. The van der Waals surface area contributed by atoms with Crippen molar-refractivity contribution >= 4 is 5.91 Å². The molecule has 0 N–H and O–H groups in total. The average Bonchev–Trinajstić information content (AvgIpc) is 2.80. The van der Waals surface area contributed by atoms with Crippen molar-refractivity contribution in [2.24, 2.45) is 5.92 Å². The Kier molecular flexibility index (Phi) is 4.22. The molecule has 0 aromatic carbocycles. The summed E-state index contributed by atoms with van der Waals surface area (Å²) in [6, 6.07) is 0. The maximum absolute atomic E-state index is 12.0. The minimum atomic E-state index is 0.374. The van der Waals surface area contributed by atoms with Gasteiger partial charge >= 0.3 is 0 Å². The third-order valence-electron chi connectivity index (χ3n) is 3.98. The summed E-state index contributed by atoms with van der Waals surface area (Å²) in [5.41, 5.74) is 0. The second-order valence-electron chi connectivity index (χ2n) is 5.36. The van der Waals surface area contributed by atoms with Crippen LogP contribution in [0.5, 0.6) is 0 Å². The van der Waals surface area contributed by atoms with Gasteiger partial charge in [-0.05, 0) is 44.7 Å². The van der Waals surface area contributed by atoms with Crippen LogP contribution >= 0.6 is 0 Å². The number of rotatable bonds is 3. The molecule has 2 aliphatic heterocycles. The quantitative estimate of drug-likeness (QED) is 0.729. The lowest BCUT2D eigenvalue weighted by atomic mass is 9.99. The molecule has 0 atom stereocenters. The summed E-state index contributed by atoms with van der Waals surface area (Å²) < 4.78 is 0. The molecule has 0 bridgehead atoms. The molecule has 2 saturated heterocycles. The first-order valence-electron chi connectivity index (χ1n) is 6.76. The molecule has 2 rings (SSSR count). The molecule has 0 saturated carbocycles. The maximum Gasteiger partial charge on any atom is 0.223 e. The van der Waals surface area contributed by atoms with Crippen LogP contribution in [0.15, 0.2) is 0 Å². The number of carbonyl (C=O) groups is 1. The number of amides is 1. The minimum Gasteiger partial charge on any atom is -0.343 e. The van der Waals surface area contributed by atoms with Gasteiger partial charge in [0, 0.05) is 26.1 Å². The zero-order valence-electron chi connectivity index (χ0n) is 10.5. The molecule has 2 fully saturated rings. The lowest BCUT2D eigenvalue weighted by Gasteiger charge is -2.30. The summed E-state index contributed by atoms with van der Waals surface area (Å²) in [7, 11) is 0. The van der Waals surface area contributed by atoms with Crippen LogP contribution in [0.25, 0.3) is 0 Å². The second-order valence-corrected chi connectivity index (χ2v) is 5.36. The molecule has 2 heterocycles. The first-order valence-corrected chi connectivity index (χ1v) is 6.76. The van der Waals surface area contributed by atoms with Crippen LogP contribution in [0.3, 0.4) is 0 Å². The Morgan fingerprint density at radius 2 is 1.75 bits per heavy atom. The van der Waals surface area contributed by atoms with Crippen molar-refractivity contribution in [2.75, 3.05) is 32.7 Å². The average molecular weight is 224 g/mol. The first-order chi connectivity index (χ1) is 7.75. The maximum atomic E-state index is 12.0. The van der Waals surface area contributed by atoms with Gasteiger partial charge in [-0.1, -0.05) is 6.92 Å². The van der Waals surface area contributed by atoms with E-state index in [9.17, 15) is 4.79 Å². The number of nitrogens with zero attached hydrogens (tertiary/aromatic N) is 2. The highest BCUT2D eigenvalue weighted by Gasteiger charge is 2.21. The predicted octanol–water partition coefficient (Wildman–Crippen LogP) is 1.73. The molecular formula is C13H24N2O. The Balaban J connectivity index is 1.67. The van der Waals surface area contributed by atoms with Gasteiger partial charge < -0.3 is 9.80 Å². The van der Waals surface area contributed by atoms with E-state index < -0.39 is 0 Å². The standard InChI is InChI=1S/C13H24N2O/c1-12-4-10-15(11-5-12)13(16)6-9-14-7-2-3-8-14/h12H,2-11H2,1H3. The van der Waals surface area contributed by atoms with E-state index in [4.69, 9.17) is 0 Å². The van der Waals surface area contributed by atoms with E-state index in [1.54, 1.807) is 0 Å². The highest BCUT2D eigenvalue weighted by atomic mass is 16.2. The van der Waals surface area contributed by atoms with E-state index in [0.717, 1.165) is 32.0 Å². The molecule has 2 aliphatic rings. The molecule has 16 heavy (non-hydrogen) atoms. The molecule has 3 heteroatoms. The molecule has 0 aliphatic carbocycles.